The minimum atomic E-state index is -4.33. The highest BCUT2D eigenvalue weighted by Gasteiger charge is 2.12. The van der Waals surface area contributed by atoms with E-state index in [4.69, 9.17) is 33.0 Å². The Balaban J connectivity index is 2.13. The van der Waals surface area contributed by atoms with Gasteiger partial charge >= 0.3 is 0 Å². The standard InChI is InChI=1S/C16H11Cl2N3O4S/c17-13-2-1-3-14(15(13)18)20-9-10(8-19)16(22)21-11-4-6-12(7-5-11)26(23,24)25/h1-7,9,20H,(H,21,22)(H,23,24,25)/b10-9-. The van der Waals surface area contributed by atoms with Crippen molar-refractivity contribution in [2.24, 2.45) is 0 Å². The van der Waals surface area contributed by atoms with Crippen molar-refractivity contribution in [3.8, 4) is 6.07 Å². The van der Waals surface area contributed by atoms with Crippen molar-refractivity contribution in [1.29, 1.82) is 5.26 Å². The highest BCUT2D eigenvalue weighted by atomic mass is 35.5. The van der Waals surface area contributed by atoms with Crippen molar-refractivity contribution < 1.29 is 17.8 Å². The van der Waals surface area contributed by atoms with Crippen LogP contribution in [0.25, 0.3) is 0 Å². The second kappa shape index (κ2) is 8.21. The van der Waals surface area contributed by atoms with Gasteiger partial charge in [-0.25, -0.2) is 0 Å². The van der Waals surface area contributed by atoms with Gasteiger partial charge in [-0.2, -0.15) is 13.7 Å². The molecule has 10 heteroatoms. The van der Waals surface area contributed by atoms with Crippen LogP contribution in [0.3, 0.4) is 0 Å². The third-order valence-electron chi connectivity index (χ3n) is 3.10. The lowest BCUT2D eigenvalue weighted by Gasteiger charge is -2.07. The predicted octanol–water partition coefficient (Wildman–Crippen LogP) is 3.70. The van der Waals surface area contributed by atoms with Crippen LogP contribution in [0, 0.1) is 11.3 Å². The van der Waals surface area contributed by atoms with Crippen LogP contribution >= 0.6 is 23.2 Å². The zero-order valence-electron chi connectivity index (χ0n) is 12.9. The topological polar surface area (TPSA) is 119 Å². The number of nitrogens with one attached hydrogen (secondary N) is 2. The van der Waals surface area contributed by atoms with Gasteiger partial charge in [-0.15, -0.1) is 0 Å². The number of hydrogen-bond donors (Lipinski definition) is 3. The molecule has 0 aliphatic rings. The van der Waals surface area contributed by atoms with Crippen LogP contribution in [-0.2, 0) is 14.9 Å². The van der Waals surface area contributed by atoms with Gasteiger partial charge in [0.25, 0.3) is 16.0 Å². The Morgan fingerprint density at radius 3 is 2.38 bits per heavy atom. The van der Waals surface area contributed by atoms with E-state index < -0.39 is 16.0 Å². The van der Waals surface area contributed by atoms with Crippen molar-refractivity contribution >= 4 is 50.6 Å². The number of amides is 1. The molecule has 0 fully saturated rings. The van der Waals surface area contributed by atoms with Gasteiger partial charge in [0.2, 0.25) is 0 Å². The van der Waals surface area contributed by atoms with Gasteiger partial charge in [-0.3, -0.25) is 9.35 Å². The first-order valence-corrected chi connectivity index (χ1v) is 9.11. The average molecular weight is 412 g/mol. The SMILES string of the molecule is N#C/C(=C/Nc1cccc(Cl)c1Cl)C(=O)Nc1ccc(S(=O)(=O)O)cc1. The summed E-state index contributed by atoms with van der Waals surface area (Å²) in [6, 6.07) is 11.4. The normalized spacial score (nSPS) is 11.5. The van der Waals surface area contributed by atoms with Crippen molar-refractivity contribution in [3.05, 3.63) is 64.3 Å². The predicted molar refractivity (Wildman–Crippen MR) is 98.7 cm³/mol. The van der Waals surface area contributed by atoms with Crippen LogP contribution in [0.5, 0.6) is 0 Å². The Bertz CT molecular complexity index is 1010. The van der Waals surface area contributed by atoms with Gasteiger partial charge < -0.3 is 10.6 Å². The summed E-state index contributed by atoms with van der Waals surface area (Å²) in [5.41, 5.74) is 0.404. The largest absolute Gasteiger partial charge is 0.359 e. The van der Waals surface area contributed by atoms with Crippen molar-refractivity contribution in [2.45, 2.75) is 4.90 Å². The molecule has 3 N–H and O–H groups in total. The molecule has 0 aromatic heterocycles. The summed E-state index contributed by atoms with van der Waals surface area (Å²) in [7, 11) is -4.33. The van der Waals surface area contributed by atoms with E-state index in [-0.39, 0.29) is 21.2 Å². The molecule has 0 saturated heterocycles. The summed E-state index contributed by atoms with van der Waals surface area (Å²) < 4.78 is 30.9. The molecule has 2 aromatic carbocycles. The van der Waals surface area contributed by atoms with Crippen LogP contribution in [0.4, 0.5) is 11.4 Å². The summed E-state index contributed by atoms with van der Waals surface area (Å²) in [5, 5.41) is 14.8. The van der Waals surface area contributed by atoms with Gasteiger partial charge in [0.15, 0.2) is 0 Å². The number of hydrogen-bond acceptors (Lipinski definition) is 5. The van der Waals surface area contributed by atoms with E-state index in [0.717, 1.165) is 12.1 Å². The molecule has 0 saturated carbocycles. The van der Waals surface area contributed by atoms with Gasteiger partial charge in [0.1, 0.15) is 11.6 Å². The van der Waals surface area contributed by atoms with Gasteiger partial charge in [0, 0.05) is 11.9 Å². The Morgan fingerprint density at radius 2 is 1.81 bits per heavy atom. The van der Waals surface area contributed by atoms with Crippen LogP contribution in [-0.4, -0.2) is 18.9 Å². The number of nitrogens with zero attached hydrogens (tertiary/aromatic N) is 1. The van der Waals surface area contributed by atoms with Crippen LogP contribution in [0.2, 0.25) is 10.0 Å². The van der Waals surface area contributed by atoms with E-state index in [2.05, 4.69) is 10.6 Å². The minimum absolute atomic E-state index is 0.240. The van der Waals surface area contributed by atoms with Gasteiger partial charge in [-0.1, -0.05) is 29.3 Å². The van der Waals surface area contributed by atoms with Crippen molar-refractivity contribution in [3.63, 3.8) is 0 Å². The number of halogens is 2. The molecule has 0 aliphatic carbocycles. The Labute approximate surface area is 159 Å². The van der Waals surface area contributed by atoms with Crippen LogP contribution < -0.4 is 10.6 Å². The molecule has 0 atom stereocenters. The second-order valence-electron chi connectivity index (χ2n) is 4.87. The third-order valence-corrected chi connectivity index (χ3v) is 4.79. The van der Waals surface area contributed by atoms with Crippen molar-refractivity contribution in [2.75, 3.05) is 10.6 Å². The van der Waals surface area contributed by atoms with Gasteiger partial charge in [0.05, 0.1) is 20.6 Å². The van der Waals surface area contributed by atoms with E-state index in [1.54, 1.807) is 24.3 Å². The Kier molecular flexibility index (Phi) is 6.23. The molecule has 2 rings (SSSR count). The van der Waals surface area contributed by atoms with Crippen molar-refractivity contribution in [1.82, 2.24) is 0 Å². The minimum Gasteiger partial charge on any atom is -0.359 e. The van der Waals surface area contributed by atoms with E-state index in [0.29, 0.717) is 10.7 Å². The van der Waals surface area contributed by atoms with Gasteiger partial charge in [-0.05, 0) is 36.4 Å². The van der Waals surface area contributed by atoms with Crippen LogP contribution in [0.1, 0.15) is 0 Å². The maximum absolute atomic E-state index is 12.1. The second-order valence-corrected chi connectivity index (χ2v) is 7.08. The number of carbonyl (C=O) groups excluding carboxylic acids is 1. The maximum atomic E-state index is 12.1. The third kappa shape index (κ3) is 4.97. The maximum Gasteiger partial charge on any atom is 0.294 e. The zero-order valence-corrected chi connectivity index (χ0v) is 15.2. The first-order valence-electron chi connectivity index (χ1n) is 6.92. The van der Waals surface area contributed by atoms with E-state index in [9.17, 15) is 13.2 Å². The monoisotopic (exact) mass is 411 g/mol. The molecule has 0 unspecified atom stereocenters. The summed E-state index contributed by atoms with van der Waals surface area (Å²) in [6.45, 7) is 0. The molecular weight excluding hydrogens is 401 g/mol. The summed E-state index contributed by atoms with van der Waals surface area (Å²) in [5.74, 6) is -0.724. The number of carbonyl (C=O) groups is 1. The molecule has 7 nitrogen and oxygen atoms in total. The molecule has 134 valence electrons. The zero-order chi connectivity index (χ0) is 19.3. The first-order chi connectivity index (χ1) is 12.2. The quantitative estimate of drug-likeness (QED) is 0.391. The summed E-state index contributed by atoms with van der Waals surface area (Å²) >= 11 is 11.9. The lowest BCUT2D eigenvalue weighted by atomic mass is 10.2. The number of benzene rings is 2. The number of nitriles is 1. The van der Waals surface area contributed by atoms with E-state index in [1.165, 1.54) is 18.3 Å². The van der Waals surface area contributed by atoms with E-state index in [1.807, 2.05) is 0 Å². The molecule has 2 aromatic rings. The molecule has 0 aliphatic heterocycles. The Morgan fingerprint density at radius 1 is 1.15 bits per heavy atom. The summed E-state index contributed by atoms with van der Waals surface area (Å²) in [4.78, 5) is 11.8. The molecular formula is C16H11Cl2N3O4S. The molecule has 0 heterocycles. The fourth-order valence-corrected chi connectivity index (χ4v) is 2.66. The number of anilines is 2. The molecule has 1 amide bonds. The molecule has 0 bridgehead atoms. The lowest BCUT2D eigenvalue weighted by molar-refractivity contribution is -0.112. The van der Waals surface area contributed by atoms with E-state index >= 15 is 0 Å². The first kappa shape index (κ1) is 19.8. The molecule has 26 heavy (non-hydrogen) atoms. The summed E-state index contributed by atoms with van der Waals surface area (Å²) in [6.07, 6.45) is 1.17. The lowest BCUT2D eigenvalue weighted by Crippen LogP contribution is -2.14. The smallest absolute Gasteiger partial charge is 0.294 e. The molecule has 0 spiro atoms. The fourth-order valence-electron chi connectivity index (χ4n) is 1.82. The fraction of sp³-hybridized carbons (Fsp3) is 0. The highest BCUT2D eigenvalue weighted by Crippen LogP contribution is 2.29. The highest BCUT2D eigenvalue weighted by molar-refractivity contribution is 7.85. The Hall–Kier alpha value is -2.57. The average Bonchev–Trinajstić information content (AvgIpc) is 2.58. The molecule has 0 radical (unpaired) electrons. The van der Waals surface area contributed by atoms with Crippen LogP contribution in [0.15, 0.2) is 59.1 Å². The number of rotatable bonds is 5.